The number of rotatable bonds is 2. The van der Waals surface area contributed by atoms with Crippen molar-refractivity contribution in [3.05, 3.63) is 28.2 Å². The number of hydrogen-bond donors (Lipinski definition) is 1. The quantitative estimate of drug-likeness (QED) is 0.902. The van der Waals surface area contributed by atoms with E-state index in [1.165, 1.54) is 17.7 Å². The Balaban J connectivity index is 2.34. The number of benzene rings is 1. The summed E-state index contributed by atoms with van der Waals surface area (Å²) in [5.74, 6) is 0.792. The summed E-state index contributed by atoms with van der Waals surface area (Å²) in [5.41, 5.74) is 8.57. The van der Waals surface area contributed by atoms with E-state index in [4.69, 9.17) is 5.73 Å². The fourth-order valence-electron chi connectivity index (χ4n) is 2.33. The van der Waals surface area contributed by atoms with Gasteiger partial charge >= 0.3 is 0 Å². The lowest BCUT2D eigenvalue weighted by molar-refractivity contribution is 0.659. The van der Waals surface area contributed by atoms with Crippen molar-refractivity contribution in [3.63, 3.8) is 0 Å². The van der Waals surface area contributed by atoms with Crippen molar-refractivity contribution < 1.29 is 0 Å². The predicted octanol–water partition coefficient (Wildman–Crippen LogP) is 3.32. The number of nitrogens with zero attached hydrogens (tertiary/aromatic N) is 1. The summed E-state index contributed by atoms with van der Waals surface area (Å²) in [4.78, 5) is 2.45. The molecule has 1 aliphatic rings. The third-order valence-corrected chi connectivity index (χ3v) is 3.74. The molecule has 2 N–H and O–H groups in total. The zero-order valence-electron chi connectivity index (χ0n) is 9.91. The van der Waals surface area contributed by atoms with Gasteiger partial charge < -0.3 is 10.6 Å². The van der Waals surface area contributed by atoms with Crippen LogP contribution in [0, 0.1) is 5.92 Å². The molecular weight excluding hydrogens is 264 g/mol. The fraction of sp³-hybridized carbons (Fsp3) is 0.538. The Morgan fingerprint density at radius 1 is 1.50 bits per heavy atom. The van der Waals surface area contributed by atoms with E-state index in [1.807, 2.05) is 6.92 Å². The van der Waals surface area contributed by atoms with Crippen molar-refractivity contribution in [1.82, 2.24) is 0 Å². The predicted molar refractivity (Wildman–Crippen MR) is 72.7 cm³/mol. The third kappa shape index (κ3) is 2.41. The Hall–Kier alpha value is -0.540. The highest BCUT2D eigenvalue weighted by atomic mass is 79.9. The van der Waals surface area contributed by atoms with Crippen LogP contribution in [-0.4, -0.2) is 13.1 Å². The summed E-state index contributed by atoms with van der Waals surface area (Å²) in [6.45, 7) is 6.66. The van der Waals surface area contributed by atoms with E-state index in [-0.39, 0.29) is 6.04 Å². The van der Waals surface area contributed by atoms with Gasteiger partial charge in [-0.05, 0) is 37.0 Å². The topological polar surface area (TPSA) is 29.3 Å². The molecule has 2 unspecified atom stereocenters. The van der Waals surface area contributed by atoms with Crippen molar-refractivity contribution in [2.24, 2.45) is 11.7 Å². The molecule has 2 atom stereocenters. The van der Waals surface area contributed by atoms with Crippen LogP contribution in [0.3, 0.4) is 0 Å². The van der Waals surface area contributed by atoms with Gasteiger partial charge in [0.1, 0.15) is 0 Å². The number of anilines is 1. The lowest BCUT2D eigenvalue weighted by atomic mass is 10.1. The first-order valence-corrected chi connectivity index (χ1v) is 6.67. The Morgan fingerprint density at radius 3 is 2.81 bits per heavy atom. The molecule has 0 aromatic heterocycles. The standard InChI is InChI=1S/C13H19BrN2/c1-9-5-6-16(8-9)13-7-11(14)3-4-12(13)10(2)15/h3-4,7,9-10H,5-6,8,15H2,1-2H3. The van der Waals surface area contributed by atoms with Crippen LogP contribution in [0.25, 0.3) is 0 Å². The maximum atomic E-state index is 6.02. The minimum atomic E-state index is 0.0963. The number of hydrogen-bond acceptors (Lipinski definition) is 2. The summed E-state index contributed by atoms with van der Waals surface area (Å²) in [5, 5.41) is 0. The van der Waals surface area contributed by atoms with Gasteiger partial charge in [0.15, 0.2) is 0 Å². The lowest BCUT2D eigenvalue weighted by Crippen LogP contribution is -2.22. The molecule has 0 saturated carbocycles. The average molecular weight is 283 g/mol. The SMILES string of the molecule is CC1CCN(c2cc(Br)ccc2C(C)N)C1. The van der Waals surface area contributed by atoms with Gasteiger partial charge in [-0.3, -0.25) is 0 Å². The van der Waals surface area contributed by atoms with Crippen LogP contribution in [0.15, 0.2) is 22.7 Å². The number of halogens is 1. The minimum absolute atomic E-state index is 0.0963. The first-order chi connectivity index (χ1) is 7.58. The molecule has 1 heterocycles. The number of nitrogens with two attached hydrogens (primary N) is 1. The Kier molecular flexibility index (Phi) is 3.55. The summed E-state index contributed by atoms with van der Waals surface area (Å²) in [6.07, 6.45) is 1.28. The fourth-order valence-corrected chi connectivity index (χ4v) is 2.68. The molecule has 0 radical (unpaired) electrons. The highest BCUT2D eigenvalue weighted by Crippen LogP contribution is 2.32. The summed E-state index contributed by atoms with van der Waals surface area (Å²) in [7, 11) is 0. The summed E-state index contributed by atoms with van der Waals surface area (Å²) >= 11 is 3.54. The van der Waals surface area contributed by atoms with Crippen molar-refractivity contribution in [1.29, 1.82) is 0 Å². The molecule has 1 aromatic carbocycles. The zero-order chi connectivity index (χ0) is 11.7. The molecule has 0 aliphatic carbocycles. The van der Waals surface area contributed by atoms with Crippen LogP contribution in [0.5, 0.6) is 0 Å². The molecule has 2 rings (SSSR count). The van der Waals surface area contributed by atoms with Crippen molar-refractivity contribution in [2.75, 3.05) is 18.0 Å². The average Bonchev–Trinajstić information content (AvgIpc) is 2.64. The maximum absolute atomic E-state index is 6.02. The van der Waals surface area contributed by atoms with Crippen LogP contribution in [0.4, 0.5) is 5.69 Å². The van der Waals surface area contributed by atoms with E-state index in [0.717, 1.165) is 23.5 Å². The van der Waals surface area contributed by atoms with E-state index >= 15 is 0 Å². The van der Waals surface area contributed by atoms with Gasteiger partial charge in [0.2, 0.25) is 0 Å². The van der Waals surface area contributed by atoms with E-state index < -0.39 is 0 Å². The maximum Gasteiger partial charge on any atom is 0.0425 e. The molecular formula is C13H19BrN2. The molecule has 1 aromatic rings. The molecule has 1 fully saturated rings. The van der Waals surface area contributed by atoms with E-state index in [2.05, 4.69) is 46.0 Å². The van der Waals surface area contributed by atoms with Gasteiger partial charge in [-0.1, -0.05) is 28.9 Å². The van der Waals surface area contributed by atoms with E-state index in [1.54, 1.807) is 0 Å². The van der Waals surface area contributed by atoms with Crippen LogP contribution < -0.4 is 10.6 Å². The summed E-state index contributed by atoms with van der Waals surface area (Å²) in [6, 6.07) is 6.49. The van der Waals surface area contributed by atoms with Crippen LogP contribution in [0.2, 0.25) is 0 Å². The Labute approximate surface area is 106 Å². The smallest absolute Gasteiger partial charge is 0.0425 e. The van der Waals surface area contributed by atoms with Gasteiger partial charge in [-0.2, -0.15) is 0 Å². The van der Waals surface area contributed by atoms with Crippen LogP contribution in [-0.2, 0) is 0 Å². The zero-order valence-corrected chi connectivity index (χ0v) is 11.5. The highest BCUT2D eigenvalue weighted by molar-refractivity contribution is 9.10. The molecule has 0 amide bonds. The van der Waals surface area contributed by atoms with Gasteiger partial charge in [0, 0.05) is 29.3 Å². The lowest BCUT2D eigenvalue weighted by Gasteiger charge is -2.23. The molecule has 0 bridgehead atoms. The van der Waals surface area contributed by atoms with Crippen molar-refractivity contribution in [2.45, 2.75) is 26.3 Å². The molecule has 3 heteroatoms. The third-order valence-electron chi connectivity index (χ3n) is 3.25. The second-order valence-electron chi connectivity index (χ2n) is 4.83. The molecule has 1 saturated heterocycles. The van der Waals surface area contributed by atoms with Crippen LogP contribution >= 0.6 is 15.9 Å². The molecule has 88 valence electrons. The molecule has 1 aliphatic heterocycles. The Morgan fingerprint density at radius 2 is 2.25 bits per heavy atom. The van der Waals surface area contributed by atoms with Gasteiger partial charge in [-0.15, -0.1) is 0 Å². The normalized spacial score (nSPS) is 22.5. The Bertz CT molecular complexity index is 376. The van der Waals surface area contributed by atoms with E-state index in [9.17, 15) is 0 Å². The second kappa shape index (κ2) is 4.76. The second-order valence-corrected chi connectivity index (χ2v) is 5.75. The van der Waals surface area contributed by atoms with Gasteiger partial charge in [0.25, 0.3) is 0 Å². The highest BCUT2D eigenvalue weighted by Gasteiger charge is 2.21. The van der Waals surface area contributed by atoms with Gasteiger partial charge in [-0.25, -0.2) is 0 Å². The van der Waals surface area contributed by atoms with Gasteiger partial charge in [0.05, 0.1) is 0 Å². The first kappa shape index (κ1) is 11.9. The van der Waals surface area contributed by atoms with E-state index in [0.29, 0.717) is 0 Å². The summed E-state index contributed by atoms with van der Waals surface area (Å²) < 4.78 is 1.13. The minimum Gasteiger partial charge on any atom is -0.371 e. The molecule has 16 heavy (non-hydrogen) atoms. The molecule has 2 nitrogen and oxygen atoms in total. The largest absolute Gasteiger partial charge is 0.371 e. The first-order valence-electron chi connectivity index (χ1n) is 5.88. The molecule has 0 spiro atoms. The monoisotopic (exact) mass is 282 g/mol. The van der Waals surface area contributed by atoms with Crippen molar-refractivity contribution >= 4 is 21.6 Å². The van der Waals surface area contributed by atoms with Crippen LogP contribution in [0.1, 0.15) is 31.9 Å². The van der Waals surface area contributed by atoms with Crippen molar-refractivity contribution in [3.8, 4) is 0 Å².